The highest BCUT2D eigenvalue weighted by Crippen LogP contribution is 2.26. The van der Waals surface area contributed by atoms with Crippen LogP contribution >= 0.6 is 0 Å². The Kier molecular flexibility index (Phi) is 7.32. The topological polar surface area (TPSA) is 119 Å². The monoisotopic (exact) mass is 553 g/mol. The quantitative estimate of drug-likeness (QED) is 0.361. The Hall–Kier alpha value is -4.44. The molecule has 2 aromatic carbocycles. The standard InChI is InChI=1S/C31H35N7O3/c1-36-9-7-20(16-36)19-41-27-6-5-21-11-23(4-3-22(21)12-27)31(40)38-10-8-26(18-38)35-30(39)28-13-24(14-33-29(28)32)25-15-34-37(2)17-25/h3-6,11-15,17,20,26H,7-10,16,18-19H2,1-2H3,(H2,32,33)(H,35,39)/t20?,26-/m1/s1. The molecule has 1 unspecified atom stereocenters. The maximum Gasteiger partial charge on any atom is 0.255 e. The Balaban J connectivity index is 1.07. The molecular formula is C31H35N7O3. The average molecular weight is 554 g/mol. The number of nitrogen functional groups attached to an aromatic ring is 1. The number of carbonyl (C=O) groups is 2. The summed E-state index contributed by atoms with van der Waals surface area (Å²) in [6.07, 6.45) is 7.03. The molecule has 2 amide bonds. The number of aryl methyl sites for hydroxylation is 1. The van der Waals surface area contributed by atoms with Gasteiger partial charge in [0.05, 0.1) is 18.4 Å². The zero-order chi connectivity index (χ0) is 28.5. The molecule has 2 aliphatic heterocycles. The number of likely N-dealkylation sites (tertiary alicyclic amines) is 2. The van der Waals surface area contributed by atoms with E-state index in [0.717, 1.165) is 47.3 Å². The van der Waals surface area contributed by atoms with Crippen molar-refractivity contribution in [3.63, 3.8) is 0 Å². The highest BCUT2D eigenvalue weighted by molar-refractivity contribution is 6.00. The van der Waals surface area contributed by atoms with Crippen LogP contribution in [0.3, 0.4) is 0 Å². The van der Waals surface area contributed by atoms with Gasteiger partial charge in [0, 0.05) is 67.7 Å². The molecule has 212 valence electrons. The van der Waals surface area contributed by atoms with Crippen LogP contribution in [0.4, 0.5) is 5.82 Å². The number of hydrogen-bond acceptors (Lipinski definition) is 7. The van der Waals surface area contributed by atoms with E-state index >= 15 is 0 Å². The van der Waals surface area contributed by atoms with Crippen molar-refractivity contribution in [1.82, 2.24) is 29.9 Å². The van der Waals surface area contributed by atoms with Gasteiger partial charge in [-0.2, -0.15) is 5.10 Å². The minimum atomic E-state index is -0.302. The molecule has 4 heterocycles. The van der Waals surface area contributed by atoms with Crippen LogP contribution in [0.1, 0.15) is 33.6 Å². The van der Waals surface area contributed by atoms with E-state index in [9.17, 15) is 9.59 Å². The summed E-state index contributed by atoms with van der Waals surface area (Å²) in [5, 5.41) is 9.24. The summed E-state index contributed by atoms with van der Waals surface area (Å²) in [5.41, 5.74) is 8.59. The van der Waals surface area contributed by atoms with Gasteiger partial charge in [-0.15, -0.1) is 0 Å². The Morgan fingerprint density at radius 2 is 1.83 bits per heavy atom. The molecule has 0 aliphatic carbocycles. The van der Waals surface area contributed by atoms with Crippen LogP contribution in [0, 0.1) is 5.92 Å². The number of nitrogens with zero attached hydrogens (tertiary/aromatic N) is 5. The average Bonchev–Trinajstić information content (AvgIpc) is 3.73. The Labute approximate surface area is 239 Å². The number of aromatic nitrogens is 3. The zero-order valence-corrected chi connectivity index (χ0v) is 23.4. The van der Waals surface area contributed by atoms with E-state index in [0.29, 0.717) is 36.6 Å². The second-order valence-corrected chi connectivity index (χ2v) is 11.2. The number of fused-ring (bicyclic) bond motifs is 1. The third kappa shape index (κ3) is 5.88. The fourth-order valence-electron chi connectivity index (χ4n) is 5.72. The molecule has 0 saturated carbocycles. The zero-order valence-electron chi connectivity index (χ0n) is 23.4. The molecule has 4 aromatic rings. The predicted molar refractivity (Wildman–Crippen MR) is 158 cm³/mol. The first-order valence-corrected chi connectivity index (χ1v) is 14.0. The maximum absolute atomic E-state index is 13.3. The molecule has 2 atom stereocenters. The van der Waals surface area contributed by atoms with Crippen LogP contribution in [-0.2, 0) is 7.05 Å². The van der Waals surface area contributed by atoms with Gasteiger partial charge in [-0.3, -0.25) is 14.3 Å². The molecule has 2 fully saturated rings. The SMILES string of the molecule is CN1CCC(COc2ccc3cc(C(=O)N4CC[C@@H](NC(=O)c5cc(-c6cnn(C)c6)cnc5N)C4)ccc3c2)C1. The lowest BCUT2D eigenvalue weighted by Gasteiger charge is -2.18. The summed E-state index contributed by atoms with van der Waals surface area (Å²) in [4.78, 5) is 34.8. The van der Waals surface area contributed by atoms with Crippen molar-refractivity contribution in [1.29, 1.82) is 0 Å². The normalized spacial score (nSPS) is 19.1. The number of pyridine rings is 1. The van der Waals surface area contributed by atoms with Crippen molar-refractivity contribution >= 4 is 28.4 Å². The second-order valence-electron chi connectivity index (χ2n) is 11.2. The van der Waals surface area contributed by atoms with E-state index in [2.05, 4.69) is 27.3 Å². The molecule has 41 heavy (non-hydrogen) atoms. The summed E-state index contributed by atoms with van der Waals surface area (Å²) >= 11 is 0. The number of benzene rings is 2. The molecule has 0 spiro atoms. The Morgan fingerprint density at radius 3 is 2.61 bits per heavy atom. The fourth-order valence-corrected chi connectivity index (χ4v) is 5.72. The molecule has 6 rings (SSSR count). The highest BCUT2D eigenvalue weighted by atomic mass is 16.5. The number of rotatable bonds is 7. The van der Waals surface area contributed by atoms with Crippen LogP contribution in [0.2, 0.25) is 0 Å². The first-order valence-electron chi connectivity index (χ1n) is 14.0. The maximum atomic E-state index is 13.3. The number of amides is 2. The third-order valence-corrected chi connectivity index (χ3v) is 8.05. The number of carbonyl (C=O) groups excluding carboxylic acids is 2. The Bertz CT molecular complexity index is 1600. The number of anilines is 1. The van der Waals surface area contributed by atoms with Gasteiger partial charge in [-0.1, -0.05) is 12.1 Å². The van der Waals surface area contributed by atoms with E-state index in [4.69, 9.17) is 10.5 Å². The Morgan fingerprint density at radius 1 is 1.00 bits per heavy atom. The fraction of sp³-hybridized carbons (Fsp3) is 0.355. The van der Waals surface area contributed by atoms with Crippen LogP contribution in [0.25, 0.3) is 21.9 Å². The highest BCUT2D eigenvalue weighted by Gasteiger charge is 2.29. The lowest BCUT2D eigenvalue weighted by Crippen LogP contribution is -2.38. The van der Waals surface area contributed by atoms with Gasteiger partial charge in [0.15, 0.2) is 0 Å². The van der Waals surface area contributed by atoms with Gasteiger partial charge in [-0.05, 0) is 67.5 Å². The minimum absolute atomic E-state index is 0.0471. The molecular weight excluding hydrogens is 518 g/mol. The van der Waals surface area contributed by atoms with Crippen molar-refractivity contribution < 1.29 is 14.3 Å². The van der Waals surface area contributed by atoms with Crippen molar-refractivity contribution in [3.8, 4) is 16.9 Å². The van der Waals surface area contributed by atoms with E-state index in [-0.39, 0.29) is 23.7 Å². The van der Waals surface area contributed by atoms with Gasteiger partial charge < -0.3 is 25.6 Å². The molecule has 0 bridgehead atoms. The first kappa shape index (κ1) is 26.8. The van der Waals surface area contributed by atoms with Crippen LogP contribution in [0.15, 0.2) is 61.1 Å². The summed E-state index contributed by atoms with van der Waals surface area (Å²) in [5.74, 6) is 1.23. The summed E-state index contributed by atoms with van der Waals surface area (Å²) < 4.78 is 7.75. The molecule has 3 N–H and O–H groups in total. The van der Waals surface area contributed by atoms with Crippen molar-refractivity contribution in [2.45, 2.75) is 18.9 Å². The summed E-state index contributed by atoms with van der Waals surface area (Å²) in [7, 11) is 3.97. The lowest BCUT2D eigenvalue weighted by atomic mass is 10.1. The molecule has 10 heteroatoms. The lowest BCUT2D eigenvalue weighted by molar-refractivity contribution is 0.0783. The van der Waals surface area contributed by atoms with Crippen LogP contribution < -0.4 is 15.8 Å². The molecule has 2 aliphatic rings. The van der Waals surface area contributed by atoms with E-state index in [1.807, 2.05) is 49.6 Å². The van der Waals surface area contributed by atoms with E-state index in [1.165, 1.54) is 6.42 Å². The van der Waals surface area contributed by atoms with Crippen LogP contribution in [0.5, 0.6) is 5.75 Å². The van der Waals surface area contributed by atoms with Crippen molar-refractivity contribution in [2.75, 3.05) is 45.6 Å². The van der Waals surface area contributed by atoms with Gasteiger partial charge in [-0.25, -0.2) is 4.98 Å². The van der Waals surface area contributed by atoms with E-state index in [1.54, 1.807) is 28.0 Å². The number of ether oxygens (including phenoxy) is 1. The summed E-state index contributed by atoms with van der Waals surface area (Å²) in [6.45, 7) is 3.91. The number of nitrogens with one attached hydrogen (secondary N) is 1. The second kappa shape index (κ2) is 11.2. The van der Waals surface area contributed by atoms with Gasteiger partial charge in [0.1, 0.15) is 11.6 Å². The summed E-state index contributed by atoms with van der Waals surface area (Å²) in [6, 6.07) is 13.3. The molecule has 2 aromatic heterocycles. The largest absolute Gasteiger partial charge is 0.493 e. The first-order chi connectivity index (χ1) is 19.8. The van der Waals surface area contributed by atoms with Gasteiger partial charge in [0.2, 0.25) is 0 Å². The van der Waals surface area contributed by atoms with Gasteiger partial charge >= 0.3 is 0 Å². The predicted octanol–water partition coefficient (Wildman–Crippen LogP) is 3.19. The molecule has 2 saturated heterocycles. The number of hydrogen-bond donors (Lipinski definition) is 2. The third-order valence-electron chi connectivity index (χ3n) is 8.05. The number of nitrogens with two attached hydrogens (primary N) is 1. The molecule has 10 nitrogen and oxygen atoms in total. The van der Waals surface area contributed by atoms with Crippen LogP contribution in [-0.4, -0.2) is 82.3 Å². The van der Waals surface area contributed by atoms with Crippen molar-refractivity contribution in [2.24, 2.45) is 13.0 Å². The minimum Gasteiger partial charge on any atom is -0.493 e. The molecule has 0 radical (unpaired) electrons. The smallest absolute Gasteiger partial charge is 0.255 e. The van der Waals surface area contributed by atoms with Gasteiger partial charge in [0.25, 0.3) is 11.8 Å². The van der Waals surface area contributed by atoms with Crippen molar-refractivity contribution in [3.05, 3.63) is 72.2 Å². The van der Waals surface area contributed by atoms with E-state index < -0.39 is 0 Å².